The minimum Gasteiger partial charge on any atom is -0.475 e. The average Bonchev–Trinajstić information content (AvgIpc) is 3.64. The van der Waals surface area contributed by atoms with E-state index in [1.807, 2.05) is 61.5 Å². The van der Waals surface area contributed by atoms with Gasteiger partial charge in [0.1, 0.15) is 5.82 Å². The van der Waals surface area contributed by atoms with E-state index in [0.717, 1.165) is 28.6 Å². The third-order valence-corrected chi connectivity index (χ3v) is 9.50. The molecule has 0 atom stereocenters. The number of hydrogen-bond acceptors (Lipinski definition) is 6. The summed E-state index contributed by atoms with van der Waals surface area (Å²) in [7, 11) is -3.93. The Bertz CT molecular complexity index is 1760. The Morgan fingerprint density at radius 1 is 1.00 bits per heavy atom. The van der Waals surface area contributed by atoms with Gasteiger partial charge in [-0.15, -0.1) is 0 Å². The van der Waals surface area contributed by atoms with Crippen molar-refractivity contribution in [2.75, 3.05) is 23.7 Å². The number of anilines is 2. The molecule has 2 aromatic heterocycles. The summed E-state index contributed by atoms with van der Waals surface area (Å²) >= 11 is 0. The number of amides is 2. The van der Waals surface area contributed by atoms with Crippen molar-refractivity contribution in [3.8, 4) is 5.69 Å². The molecule has 44 heavy (non-hydrogen) atoms. The maximum atomic E-state index is 13.3. The lowest BCUT2D eigenvalue weighted by Gasteiger charge is -2.30. The van der Waals surface area contributed by atoms with Crippen molar-refractivity contribution in [3.05, 3.63) is 89.3 Å². The predicted octanol–water partition coefficient (Wildman–Crippen LogP) is 6.06. The Hall–Kier alpha value is -4.42. The quantitative estimate of drug-likeness (QED) is 0.217. The van der Waals surface area contributed by atoms with E-state index in [0.29, 0.717) is 30.8 Å². The van der Waals surface area contributed by atoms with Gasteiger partial charge in [0.05, 0.1) is 11.4 Å². The minimum absolute atomic E-state index is 0.191. The highest BCUT2D eigenvalue weighted by Gasteiger charge is 2.32. The molecule has 2 aromatic carbocycles. The number of piperidine rings is 1. The molecular weight excluding hydrogens is 582 g/mol. The standard InChI is InChI=1S/C32H37N5O6S/c1-21-9-11-24(12-10-21)37-28(20-27(35-37)32(2,3)4)34-31(40)33-25-8-6-5-7-23(25)19-22-15-17-36(18-16-22)44(41,42)29-14-13-26(43-29)30(38)39/h5-14,20,22H,15-19H2,1-4H3,(H,38,39)(H2,33,34,40). The molecule has 0 radical (unpaired) electrons. The number of nitrogens with one attached hydrogen (secondary N) is 2. The van der Waals surface area contributed by atoms with Gasteiger partial charge >= 0.3 is 12.0 Å². The number of hydrogen-bond donors (Lipinski definition) is 3. The molecule has 1 aliphatic rings. The number of carbonyl (C=O) groups excluding carboxylic acids is 1. The number of carboxylic acid groups (broad SMARTS) is 1. The smallest absolute Gasteiger partial charge is 0.371 e. The summed E-state index contributed by atoms with van der Waals surface area (Å²) in [5, 5.41) is 19.4. The van der Waals surface area contributed by atoms with Gasteiger partial charge in [0, 0.05) is 30.3 Å². The zero-order chi connectivity index (χ0) is 31.6. The van der Waals surface area contributed by atoms with Gasteiger partial charge in [-0.2, -0.15) is 9.40 Å². The number of aromatic nitrogens is 2. The van der Waals surface area contributed by atoms with Crippen molar-refractivity contribution < 1.29 is 27.5 Å². The molecule has 0 aliphatic carbocycles. The van der Waals surface area contributed by atoms with Crippen molar-refractivity contribution in [2.24, 2.45) is 5.92 Å². The topological polar surface area (TPSA) is 147 Å². The highest BCUT2D eigenvalue weighted by molar-refractivity contribution is 7.89. The van der Waals surface area contributed by atoms with Gasteiger partial charge in [-0.3, -0.25) is 5.32 Å². The summed E-state index contributed by atoms with van der Waals surface area (Å²) in [5.74, 6) is -0.996. The molecule has 0 bridgehead atoms. The summed E-state index contributed by atoms with van der Waals surface area (Å²) in [6, 6.07) is 19.3. The van der Waals surface area contributed by atoms with Gasteiger partial charge < -0.3 is 14.8 Å². The Morgan fingerprint density at radius 2 is 1.68 bits per heavy atom. The van der Waals surface area contributed by atoms with Crippen LogP contribution in [0.1, 0.15) is 61.0 Å². The van der Waals surface area contributed by atoms with Crippen molar-refractivity contribution in [2.45, 2.75) is 57.5 Å². The van der Waals surface area contributed by atoms with Crippen molar-refractivity contribution in [3.63, 3.8) is 0 Å². The van der Waals surface area contributed by atoms with Crippen LogP contribution in [-0.4, -0.2) is 52.7 Å². The van der Waals surface area contributed by atoms with Crippen LogP contribution in [0.3, 0.4) is 0 Å². The van der Waals surface area contributed by atoms with Crippen LogP contribution in [0.5, 0.6) is 0 Å². The van der Waals surface area contributed by atoms with Crippen LogP contribution < -0.4 is 10.6 Å². The zero-order valence-corrected chi connectivity index (χ0v) is 26.0. The summed E-state index contributed by atoms with van der Waals surface area (Å²) in [6.07, 6.45) is 1.87. The van der Waals surface area contributed by atoms with Gasteiger partial charge in [0.2, 0.25) is 10.9 Å². The molecule has 1 aliphatic heterocycles. The van der Waals surface area contributed by atoms with Crippen molar-refractivity contribution in [1.82, 2.24) is 14.1 Å². The van der Waals surface area contributed by atoms with E-state index in [-0.39, 0.29) is 29.5 Å². The van der Waals surface area contributed by atoms with E-state index >= 15 is 0 Å². The van der Waals surface area contributed by atoms with E-state index in [1.165, 1.54) is 10.4 Å². The van der Waals surface area contributed by atoms with Gasteiger partial charge in [-0.25, -0.2) is 22.7 Å². The number of rotatable bonds is 8. The van der Waals surface area contributed by atoms with Gasteiger partial charge in [-0.05, 0) is 68.0 Å². The maximum absolute atomic E-state index is 13.3. The normalized spacial score (nSPS) is 14.8. The van der Waals surface area contributed by atoms with Gasteiger partial charge in [0.15, 0.2) is 0 Å². The first-order valence-corrected chi connectivity index (χ1v) is 15.9. The van der Waals surface area contributed by atoms with Crippen LogP contribution in [0.4, 0.5) is 16.3 Å². The summed E-state index contributed by atoms with van der Waals surface area (Å²) in [6.45, 7) is 8.79. The number of urea groups is 1. The Morgan fingerprint density at radius 3 is 2.32 bits per heavy atom. The highest BCUT2D eigenvalue weighted by Crippen LogP contribution is 2.30. The molecular formula is C32H37N5O6S. The van der Waals surface area contributed by atoms with Crippen LogP contribution >= 0.6 is 0 Å². The molecule has 12 heteroatoms. The fourth-order valence-electron chi connectivity index (χ4n) is 5.18. The van der Waals surface area contributed by atoms with Crippen LogP contribution in [0.2, 0.25) is 0 Å². The number of aromatic carboxylic acids is 1. The van der Waals surface area contributed by atoms with Crippen LogP contribution in [0, 0.1) is 12.8 Å². The van der Waals surface area contributed by atoms with Gasteiger partial charge in [-0.1, -0.05) is 56.7 Å². The molecule has 3 heterocycles. The molecule has 4 aromatic rings. The monoisotopic (exact) mass is 619 g/mol. The second kappa shape index (κ2) is 12.3. The number of carbonyl (C=O) groups is 2. The van der Waals surface area contributed by atoms with Gasteiger partial charge in [0.25, 0.3) is 10.0 Å². The molecule has 2 amide bonds. The third-order valence-electron chi connectivity index (χ3n) is 7.73. The number of carboxylic acids is 1. The first kappa shape index (κ1) is 31.0. The predicted molar refractivity (Wildman–Crippen MR) is 167 cm³/mol. The van der Waals surface area contributed by atoms with Crippen LogP contribution in [-0.2, 0) is 21.9 Å². The molecule has 5 rings (SSSR count). The lowest BCUT2D eigenvalue weighted by molar-refractivity contribution is 0.0656. The Kier molecular flexibility index (Phi) is 8.66. The molecule has 0 spiro atoms. The second-order valence-corrected chi connectivity index (χ2v) is 14.0. The first-order chi connectivity index (χ1) is 20.8. The first-order valence-electron chi connectivity index (χ1n) is 14.5. The average molecular weight is 620 g/mol. The van der Waals surface area contributed by atoms with E-state index in [4.69, 9.17) is 14.6 Å². The molecule has 3 N–H and O–H groups in total. The molecule has 0 saturated carbocycles. The third kappa shape index (κ3) is 6.87. The van der Waals surface area contributed by atoms with Crippen molar-refractivity contribution in [1.29, 1.82) is 0 Å². The second-order valence-electron chi connectivity index (χ2n) is 12.1. The van der Waals surface area contributed by atoms with Crippen molar-refractivity contribution >= 4 is 33.5 Å². The fourth-order valence-corrected chi connectivity index (χ4v) is 6.56. The van der Waals surface area contributed by atoms with E-state index in [2.05, 4.69) is 31.4 Å². The Labute approximate surface area is 256 Å². The van der Waals surface area contributed by atoms with Crippen LogP contribution in [0.25, 0.3) is 5.69 Å². The molecule has 11 nitrogen and oxygen atoms in total. The molecule has 232 valence electrons. The summed E-state index contributed by atoms with van der Waals surface area (Å²) in [5.41, 5.74) is 4.21. The molecule has 1 fully saturated rings. The number of benzene rings is 2. The fraction of sp³-hybridized carbons (Fsp3) is 0.344. The summed E-state index contributed by atoms with van der Waals surface area (Å²) in [4.78, 5) is 24.4. The number of furan rings is 1. The van der Waals surface area contributed by atoms with E-state index in [1.54, 1.807) is 4.68 Å². The lowest BCUT2D eigenvalue weighted by Crippen LogP contribution is -2.38. The number of sulfonamides is 1. The largest absolute Gasteiger partial charge is 0.475 e. The SMILES string of the molecule is Cc1ccc(-n2nc(C(C)(C)C)cc2NC(=O)Nc2ccccc2CC2CCN(S(=O)(=O)c3ccc(C(=O)O)o3)CC2)cc1. The summed E-state index contributed by atoms with van der Waals surface area (Å²) < 4.78 is 34.1. The lowest BCUT2D eigenvalue weighted by atomic mass is 9.90. The number of nitrogens with zero attached hydrogens (tertiary/aromatic N) is 3. The number of aryl methyl sites for hydroxylation is 1. The molecule has 0 unspecified atom stereocenters. The maximum Gasteiger partial charge on any atom is 0.371 e. The van der Waals surface area contributed by atoms with Crippen LogP contribution in [0.15, 0.2) is 76.2 Å². The zero-order valence-electron chi connectivity index (χ0n) is 25.2. The molecule has 1 saturated heterocycles. The number of para-hydroxylation sites is 1. The van der Waals surface area contributed by atoms with E-state index < -0.39 is 27.8 Å². The van der Waals surface area contributed by atoms with E-state index in [9.17, 15) is 18.0 Å². The highest BCUT2D eigenvalue weighted by atomic mass is 32.2. The Balaban J connectivity index is 1.25. The minimum atomic E-state index is -3.93.